The highest BCUT2D eigenvalue weighted by atomic mass is 17.2. The lowest BCUT2D eigenvalue weighted by atomic mass is 10.3. The molecule has 86 valence electrons. The molecule has 1 heterocycles. The van der Waals surface area contributed by atoms with Crippen molar-refractivity contribution in [2.75, 3.05) is 6.61 Å². The molecule has 0 fully saturated rings. The Morgan fingerprint density at radius 2 is 1.88 bits per heavy atom. The minimum absolute atomic E-state index is 0.0931. The van der Waals surface area contributed by atoms with E-state index in [4.69, 9.17) is 0 Å². The summed E-state index contributed by atoms with van der Waals surface area (Å²) in [7, 11) is 0. The predicted octanol–water partition coefficient (Wildman–Crippen LogP) is 2.34. The average Bonchev–Trinajstić information content (AvgIpc) is 2.29. The number of allylic oxidation sites excluding steroid dienone is 5. The normalized spacial score (nSPS) is 24.1. The Labute approximate surface area is 92.5 Å². The van der Waals surface area contributed by atoms with Gasteiger partial charge in [-0.05, 0) is 18.2 Å². The second kappa shape index (κ2) is 6.36. The van der Waals surface area contributed by atoms with E-state index in [1.54, 1.807) is 6.08 Å². The van der Waals surface area contributed by atoms with Crippen molar-refractivity contribution in [3.8, 4) is 0 Å². The highest BCUT2D eigenvalue weighted by Crippen LogP contribution is 2.09. The first-order valence-electron chi connectivity index (χ1n) is 4.51. The van der Waals surface area contributed by atoms with Crippen LogP contribution in [0, 0.1) is 0 Å². The summed E-state index contributed by atoms with van der Waals surface area (Å²) in [6.45, 7) is 0.0931. The van der Waals surface area contributed by atoms with Gasteiger partial charge in [-0.25, -0.2) is 0 Å². The van der Waals surface area contributed by atoms with Crippen LogP contribution in [0.15, 0.2) is 60.0 Å². The van der Waals surface area contributed by atoms with Crippen LogP contribution in [0.1, 0.15) is 0 Å². The molecule has 5 heteroatoms. The van der Waals surface area contributed by atoms with Crippen LogP contribution in [0.4, 0.5) is 0 Å². The average molecular weight is 224 g/mol. The third kappa shape index (κ3) is 3.93. The molecule has 1 aliphatic rings. The zero-order valence-electron chi connectivity index (χ0n) is 8.41. The molecule has 0 aromatic rings. The van der Waals surface area contributed by atoms with Crippen molar-refractivity contribution < 1.29 is 25.1 Å². The van der Waals surface area contributed by atoms with Gasteiger partial charge in [-0.15, -0.1) is 0 Å². The number of rotatable bonds is 0. The van der Waals surface area contributed by atoms with Crippen molar-refractivity contribution in [3.63, 3.8) is 0 Å². The van der Waals surface area contributed by atoms with Gasteiger partial charge in [0.15, 0.2) is 17.3 Å². The molecular weight excluding hydrogens is 212 g/mol. The molecule has 5 nitrogen and oxygen atoms in total. The first-order chi connectivity index (χ1) is 7.72. The fourth-order valence-corrected chi connectivity index (χ4v) is 0.855. The van der Waals surface area contributed by atoms with E-state index in [1.165, 1.54) is 36.6 Å². The molecule has 0 amide bonds. The monoisotopic (exact) mass is 224 g/mol. The highest BCUT2D eigenvalue weighted by molar-refractivity contribution is 5.29. The lowest BCUT2D eigenvalue weighted by Crippen LogP contribution is -1.93. The molecule has 16 heavy (non-hydrogen) atoms. The fourth-order valence-electron chi connectivity index (χ4n) is 0.855. The number of aliphatic hydroxyl groups excluding tert-OH is 3. The van der Waals surface area contributed by atoms with Gasteiger partial charge in [-0.3, -0.25) is 0 Å². The Balaban J connectivity index is 2.93. The van der Waals surface area contributed by atoms with Crippen molar-refractivity contribution in [1.82, 2.24) is 0 Å². The van der Waals surface area contributed by atoms with Gasteiger partial charge in [0.25, 0.3) is 0 Å². The molecule has 0 saturated heterocycles. The van der Waals surface area contributed by atoms with E-state index in [0.717, 1.165) is 0 Å². The molecular formula is C11H12O5. The second-order valence-electron chi connectivity index (χ2n) is 2.78. The van der Waals surface area contributed by atoms with Gasteiger partial charge in [0.2, 0.25) is 0 Å². The molecule has 0 bridgehead atoms. The van der Waals surface area contributed by atoms with E-state index >= 15 is 0 Å². The number of aliphatic hydroxyl groups is 3. The molecule has 0 aromatic carbocycles. The third-order valence-corrected chi connectivity index (χ3v) is 1.60. The minimum Gasteiger partial charge on any atom is -0.504 e. The SMILES string of the molecule is OC1=C/C=C\C=C\OOC/C=C/C(O)=C1O. The summed E-state index contributed by atoms with van der Waals surface area (Å²) in [6.07, 6.45) is 9.68. The van der Waals surface area contributed by atoms with Crippen LogP contribution in [0.25, 0.3) is 0 Å². The van der Waals surface area contributed by atoms with Gasteiger partial charge in [0.05, 0.1) is 0 Å². The molecule has 0 aliphatic carbocycles. The Kier molecular flexibility index (Phi) is 4.75. The van der Waals surface area contributed by atoms with Gasteiger partial charge in [-0.2, -0.15) is 4.89 Å². The molecule has 1 aliphatic heterocycles. The Bertz CT molecular complexity index is 374. The Morgan fingerprint density at radius 1 is 1.06 bits per heavy atom. The summed E-state index contributed by atoms with van der Waals surface area (Å²) >= 11 is 0. The maximum Gasteiger partial charge on any atom is 0.200 e. The summed E-state index contributed by atoms with van der Waals surface area (Å²) in [5, 5.41) is 28.0. The quantitative estimate of drug-likeness (QED) is 0.550. The van der Waals surface area contributed by atoms with Crippen molar-refractivity contribution in [1.29, 1.82) is 0 Å². The molecule has 0 saturated carbocycles. The van der Waals surface area contributed by atoms with Crippen LogP contribution in [0.2, 0.25) is 0 Å². The Morgan fingerprint density at radius 3 is 2.69 bits per heavy atom. The van der Waals surface area contributed by atoms with Crippen LogP contribution in [0.5, 0.6) is 0 Å². The largest absolute Gasteiger partial charge is 0.504 e. The van der Waals surface area contributed by atoms with Crippen molar-refractivity contribution >= 4 is 0 Å². The molecule has 0 unspecified atom stereocenters. The molecule has 0 aromatic heterocycles. The first kappa shape index (κ1) is 11.9. The summed E-state index contributed by atoms with van der Waals surface area (Å²) < 4.78 is 0. The molecule has 1 rings (SSSR count). The van der Waals surface area contributed by atoms with Crippen LogP contribution < -0.4 is 0 Å². The second-order valence-corrected chi connectivity index (χ2v) is 2.78. The summed E-state index contributed by atoms with van der Waals surface area (Å²) in [5.41, 5.74) is 0. The smallest absolute Gasteiger partial charge is 0.200 e. The highest BCUT2D eigenvalue weighted by Gasteiger charge is 2.04. The van der Waals surface area contributed by atoms with E-state index in [9.17, 15) is 15.3 Å². The van der Waals surface area contributed by atoms with Crippen LogP contribution >= 0.6 is 0 Å². The van der Waals surface area contributed by atoms with Crippen molar-refractivity contribution in [2.45, 2.75) is 0 Å². The van der Waals surface area contributed by atoms with E-state index in [0.29, 0.717) is 0 Å². The van der Waals surface area contributed by atoms with Gasteiger partial charge in [0, 0.05) is 0 Å². The van der Waals surface area contributed by atoms with E-state index < -0.39 is 17.3 Å². The lowest BCUT2D eigenvalue weighted by Gasteiger charge is -1.99. The van der Waals surface area contributed by atoms with E-state index in [2.05, 4.69) is 9.78 Å². The summed E-state index contributed by atoms with van der Waals surface area (Å²) in [5.74, 6) is -1.50. The topological polar surface area (TPSA) is 79.2 Å². The predicted molar refractivity (Wildman–Crippen MR) is 57.5 cm³/mol. The van der Waals surface area contributed by atoms with Crippen LogP contribution in [-0.2, 0) is 9.78 Å². The standard InChI is InChI=1S/C11H12O5/c12-9-5-2-1-3-7-15-16-8-4-6-10(13)11(9)14/h1-7,12-14H,8H2/b2-1-,6-4+,7-3+,9-5?,11-10?. The molecule has 3 N–H and O–H groups in total. The van der Waals surface area contributed by atoms with E-state index in [-0.39, 0.29) is 6.61 Å². The van der Waals surface area contributed by atoms with Crippen LogP contribution in [0.3, 0.4) is 0 Å². The van der Waals surface area contributed by atoms with Gasteiger partial charge in [-0.1, -0.05) is 18.2 Å². The van der Waals surface area contributed by atoms with Gasteiger partial charge < -0.3 is 20.2 Å². The van der Waals surface area contributed by atoms with Gasteiger partial charge in [0.1, 0.15) is 12.9 Å². The molecule has 0 atom stereocenters. The zero-order chi connectivity index (χ0) is 11.8. The lowest BCUT2D eigenvalue weighted by molar-refractivity contribution is -0.238. The minimum atomic E-state index is -0.606. The van der Waals surface area contributed by atoms with Crippen LogP contribution in [-0.4, -0.2) is 21.9 Å². The molecule has 0 radical (unpaired) electrons. The van der Waals surface area contributed by atoms with E-state index in [1.807, 2.05) is 0 Å². The third-order valence-electron chi connectivity index (χ3n) is 1.60. The van der Waals surface area contributed by atoms with Crippen molar-refractivity contribution in [2.24, 2.45) is 0 Å². The van der Waals surface area contributed by atoms with Gasteiger partial charge >= 0.3 is 0 Å². The fraction of sp³-hybridized carbons (Fsp3) is 0.0909. The first-order valence-corrected chi connectivity index (χ1v) is 4.51. The number of hydrogen-bond acceptors (Lipinski definition) is 5. The zero-order valence-corrected chi connectivity index (χ0v) is 8.41. The van der Waals surface area contributed by atoms with Crippen molar-refractivity contribution in [3.05, 3.63) is 60.0 Å². The molecule has 0 spiro atoms. The summed E-state index contributed by atoms with van der Waals surface area (Å²) in [4.78, 5) is 9.26. The Hall–Kier alpha value is -2.14. The summed E-state index contributed by atoms with van der Waals surface area (Å²) in [6, 6.07) is 0. The number of hydrogen-bond donors (Lipinski definition) is 3. The maximum absolute atomic E-state index is 9.34. The maximum atomic E-state index is 9.34.